The van der Waals surface area contributed by atoms with Crippen molar-refractivity contribution in [3.05, 3.63) is 63.3 Å². The number of hydrogen-bond donors (Lipinski definition) is 0. The molecule has 170 valence electrons. The number of hydrogen-bond acceptors (Lipinski definition) is 3. The highest BCUT2D eigenvalue weighted by Gasteiger charge is 2.19. The Kier molecular flexibility index (Phi) is 6.65. The van der Waals surface area contributed by atoms with Gasteiger partial charge in [0.1, 0.15) is 5.75 Å². The van der Waals surface area contributed by atoms with Crippen molar-refractivity contribution in [3.63, 3.8) is 0 Å². The van der Waals surface area contributed by atoms with Crippen LogP contribution in [0.15, 0.2) is 48.5 Å². The largest absolute Gasteiger partial charge is 0.497 e. The molecule has 0 atom stereocenters. The van der Waals surface area contributed by atoms with Gasteiger partial charge in [0.25, 0.3) is 0 Å². The summed E-state index contributed by atoms with van der Waals surface area (Å²) in [5, 5.41) is 6.21. The lowest BCUT2D eigenvalue weighted by molar-refractivity contribution is 0.415. The predicted molar refractivity (Wildman–Crippen MR) is 149 cm³/mol. The van der Waals surface area contributed by atoms with Crippen LogP contribution < -0.4 is 4.74 Å². The molecular weight excluding hydrogens is 464 g/mol. The first kappa shape index (κ1) is 22.7. The molecule has 0 saturated carbocycles. The topological polar surface area (TPSA) is 9.23 Å². The number of unbranched alkanes of at least 4 members (excludes halogenated alkanes) is 2. The van der Waals surface area contributed by atoms with Crippen molar-refractivity contribution < 1.29 is 4.74 Å². The summed E-state index contributed by atoms with van der Waals surface area (Å²) in [7, 11) is 1.72. The van der Waals surface area contributed by atoms with E-state index in [2.05, 4.69) is 62.4 Å². The normalized spacial score (nSPS) is 11.8. The second-order valence-electron chi connectivity index (χ2n) is 8.66. The van der Waals surface area contributed by atoms with E-state index in [-0.39, 0.29) is 0 Å². The van der Waals surface area contributed by atoms with Crippen molar-refractivity contribution in [2.24, 2.45) is 0 Å². The second kappa shape index (κ2) is 9.66. The van der Waals surface area contributed by atoms with Crippen LogP contribution in [0.25, 0.3) is 42.1 Å². The number of aryl methyl sites for hydroxylation is 2. The van der Waals surface area contributed by atoms with E-state index in [4.69, 9.17) is 16.3 Å². The Morgan fingerprint density at radius 1 is 0.758 bits per heavy atom. The molecule has 3 aromatic carbocycles. The number of thiophene rings is 2. The number of ether oxygens (including phenoxy) is 1. The average molecular weight is 493 g/mol. The van der Waals surface area contributed by atoms with E-state index in [1.54, 1.807) is 7.11 Å². The molecule has 0 aliphatic carbocycles. The Labute approximate surface area is 209 Å². The van der Waals surface area contributed by atoms with Gasteiger partial charge in [0.15, 0.2) is 0 Å². The fourth-order valence-electron chi connectivity index (χ4n) is 4.66. The zero-order valence-electron chi connectivity index (χ0n) is 19.5. The Bertz CT molecular complexity index is 1430. The van der Waals surface area contributed by atoms with Gasteiger partial charge >= 0.3 is 0 Å². The van der Waals surface area contributed by atoms with Crippen molar-refractivity contribution in [3.8, 4) is 16.9 Å². The van der Waals surface area contributed by atoms with Gasteiger partial charge < -0.3 is 4.74 Å². The number of rotatable bonds is 8. The van der Waals surface area contributed by atoms with Gasteiger partial charge in [-0.05, 0) is 48.8 Å². The molecule has 4 heteroatoms. The minimum absolute atomic E-state index is 0.897. The third kappa shape index (κ3) is 4.05. The number of fused-ring (bicyclic) bond motifs is 5. The van der Waals surface area contributed by atoms with Crippen molar-refractivity contribution in [2.75, 3.05) is 7.11 Å². The average Bonchev–Trinajstić information content (AvgIpc) is 3.38. The fraction of sp³-hybridized carbons (Fsp3) is 0.310. The molecule has 0 radical (unpaired) electrons. The number of halogens is 1. The zero-order chi connectivity index (χ0) is 22.9. The lowest BCUT2D eigenvalue weighted by Crippen LogP contribution is -1.86. The molecule has 5 aromatic rings. The van der Waals surface area contributed by atoms with E-state index < -0.39 is 0 Å². The SMILES string of the molecule is CCCCc1sc2c(ccc3ccc4c(-c5ccc(OC)cc5)c(CCCC)sc4c32)c1Cl. The third-order valence-corrected chi connectivity index (χ3v) is 9.57. The Balaban J connectivity index is 1.79. The molecule has 33 heavy (non-hydrogen) atoms. The van der Waals surface area contributed by atoms with Gasteiger partial charge in [-0.2, -0.15) is 0 Å². The molecular formula is C29H29ClOS2. The van der Waals surface area contributed by atoms with Crippen molar-refractivity contribution >= 4 is 65.2 Å². The molecule has 2 aromatic heterocycles. The standard InChI is InChI=1S/C29H29ClOS2/c1-4-6-8-23-25(18-10-14-20(31-3)15-11-18)21-16-12-19-13-17-22-27(30)24(9-7-5-2)33-29(22)26(19)28(21)32-23/h10-17H,4-9H2,1-3H3. The van der Waals surface area contributed by atoms with Crippen LogP contribution in [0.3, 0.4) is 0 Å². The molecule has 0 amide bonds. The quantitative estimate of drug-likeness (QED) is 0.209. The summed E-state index contributed by atoms with van der Waals surface area (Å²) in [6, 6.07) is 17.6. The Morgan fingerprint density at radius 2 is 1.36 bits per heavy atom. The summed E-state index contributed by atoms with van der Waals surface area (Å²) in [5.41, 5.74) is 2.66. The smallest absolute Gasteiger partial charge is 0.118 e. The van der Waals surface area contributed by atoms with Crippen LogP contribution in [-0.2, 0) is 12.8 Å². The highest BCUT2D eigenvalue weighted by molar-refractivity contribution is 7.23. The Morgan fingerprint density at radius 3 is 2.03 bits per heavy atom. The van der Waals surface area contributed by atoms with E-state index in [0.29, 0.717) is 0 Å². The highest BCUT2D eigenvalue weighted by atomic mass is 35.5. The van der Waals surface area contributed by atoms with Crippen molar-refractivity contribution in [2.45, 2.75) is 52.4 Å². The maximum atomic E-state index is 6.88. The zero-order valence-corrected chi connectivity index (χ0v) is 21.9. The Hall–Kier alpha value is -2.07. The molecule has 0 bridgehead atoms. The van der Waals surface area contributed by atoms with E-state index >= 15 is 0 Å². The summed E-state index contributed by atoms with van der Waals surface area (Å²) >= 11 is 10.8. The molecule has 0 unspecified atom stereocenters. The summed E-state index contributed by atoms with van der Waals surface area (Å²) in [5.74, 6) is 0.897. The molecule has 5 rings (SSSR count). The lowest BCUT2D eigenvalue weighted by atomic mass is 9.97. The van der Waals surface area contributed by atoms with Crippen LogP contribution in [0.1, 0.15) is 49.3 Å². The summed E-state index contributed by atoms with van der Waals surface area (Å²) in [6.07, 6.45) is 6.95. The van der Waals surface area contributed by atoms with Crippen molar-refractivity contribution in [1.29, 1.82) is 0 Å². The molecule has 1 nitrogen and oxygen atoms in total. The lowest BCUT2D eigenvalue weighted by Gasteiger charge is -2.07. The summed E-state index contributed by atoms with van der Waals surface area (Å²) in [4.78, 5) is 2.81. The van der Waals surface area contributed by atoms with Crippen LogP contribution >= 0.6 is 34.3 Å². The first-order valence-corrected chi connectivity index (χ1v) is 13.9. The van der Waals surface area contributed by atoms with Crippen LogP contribution in [0.2, 0.25) is 5.02 Å². The minimum atomic E-state index is 0.897. The molecule has 0 saturated heterocycles. The van der Waals surface area contributed by atoms with Gasteiger partial charge in [-0.3, -0.25) is 0 Å². The monoisotopic (exact) mass is 492 g/mol. The van der Waals surface area contributed by atoms with E-state index in [9.17, 15) is 0 Å². The number of benzene rings is 3. The first-order valence-electron chi connectivity index (χ1n) is 11.9. The van der Waals surface area contributed by atoms with Gasteiger partial charge in [-0.25, -0.2) is 0 Å². The van der Waals surface area contributed by atoms with Gasteiger partial charge in [-0.15, -0.1) is 22.7 Å². The van der Waals surface area contributed by atoms with E-state index in [0.717, 1.165) is 23.6 Å². The third-order valence-electron chi connectivity index (χ3n) is 6.46. The predicted octanol–water partition coefficient (Wildman–Crippen LogP) is 10.3. The van der Waals surface area contributed by atoms with Crippen LogP contribution in [0.4, 0.5) is 0 Å². The molecule has 0 aliphatic rings. The van der Waals surface area contributed by atoms with E-state index in [1.165, 1.54) is 77.5 Å². The van der Waals surface area contributed by atoms with Crippen LogP contribution in [0.5, 0.6) is 5.75 Å². The van der Waals surface area contributed by atoms with Crippen LogP contribution in [-0.4, -0.2) is 7.11 Å². The maximum Gasteiger partial charge on any atom is 0.118 e. The van der Waals surface area contributed by atoms with Gasteiger partial charge in [0.2, 0.25) is 0 Å². The van der Waals surface area contributed by atoms with Gasteiger partial charge in [-0.1, -0.05) is 74.7 Å². The fourth-order valence-corrected chi connectivity index (χ4v) is 7.87. The molecule has 2 heterocycles. The summed E-state index contributed by atoms with van der Waals surface area (Å²) < 4.78 is 8.15. The molecule has 0 fully saturated rings. The van der Waals surface area contributed by atoms with Gasteiger partial charge in [0, 0.05) is 40.9 Å². The first-order chi connectivity index (χ1) is 16.2. The highest BCUT2D eigenvalue weighted by Crippen LogP contribution is 2.48. The van der Waals surface area contributed by atoms with E-state index in [1.807, 2.05) is 22.7 Å². The van der Waals surface area contributed by atoms with Crippen LogP contribution in [0, 0.1) is 0 Å². The second-order valence-corrected chi connectivity index (χ2v) is 11.2. The van der Waals surface area contributed by atoms with Gasteiger partial charge in [0.05, 0.1) is 12.1 Å². The molecule has 0 N–H and O–H groups in total. The summed E-state index contributed by atoms with van der Waals surface area (Å²) in [6.45, 7) is 4.51. The number of methoxy groups -OCH3 is 1. The molecule has 0 aliphatic heterocycles. The van der Waals surface area contributed by atoms with Crippen molar-refractivity contribution in [1.82, 2.24) is 0 Å². The molecule has 0 spiro atoms. The minimum Gasteiger partial charge on any atom is -0.497 e. The maximum absolute atomic E-state index is 6.88.